The molecule has 23 heavy (non-hydrogen) atoms. The van der Waals surface area contributed by atoms with E-state index in [4.69, 9.17) is 0 Å². The Balaban J connectivity index is 2.52. The van der Waals surface area contributed by atoms with Gasteiger partial charge in [-0.25, -0.2) is 0 Å². The van der Waals surface area contributed by atoms with E-state index in [1.54, 1.807) is 0 Å². The molecule has 0 aromatic rings. The van der Waals surface area contributed by atoms with Crippen LogP contribution in [0.25, 0.3) is 0 Å². The summed E-state index contributed by atoms with van der Waals surface area (Å²) in [7, 11) is 0. The zero-order valence-corrected chi connectivity index (χ0v) is 14.2. The maximum atomic E-state index is 9.71. The van der Waals surface area contributed by atoms with E-state index in [-0.39, 0.29) is 11.0 Å². The van der Waals surface area contributed by atoms with E-state index in [0.717, 1.165) is 38.0 Å². The predicted molar refractivity (Wildman–Crippen MR) is 88.6 cm³/mol. The van der Waals surface area contributed by atoms with Crippen LogP contribution in [-0.2, 0) is 0 Å². The predicted octanol–water partition coefficient (Wildman–Crippen LogP) is 4.19. The molecule has 1 saturated heterocycles. The Kier molecular flexibility index (Phi) is 5.46. The normalized spacial score (nSPS) is 21.5. The van der Waals surface area contributed by atoms with Gasteiger partial charge in [0.25, 0.3) is 0 Å². The molecular weight excluding hydrogens is 284 g/mol. The van der Waals surface area contributed by atoms with Crippen molar-refractivity contribution < 1.29 is 0 Å². The topological polar surface area (TPSA) is 74.6 Å². The Labute approximate surface area is 139 Å². The number of nitriles is 3. The van der Waals surface area contributed by atoms with Crippen LogP contribution in [0.1, 0.15) is 58.8 Å². The highest BCUT2D eigenvalue weighted by molar-refractivity contribution is 5.57. The van der Waals surface area contributed by atoms with E-state index in [1.165, 1.54) is 19.3 Å². The minimum atomic E-state index is -0.0354. The van der Waals surface area contributed by atoms with Gasteiger partial charge in [0.1, 0.15) is 23.8 Å². The molecule has 120 valence electrons. The van der Waals surface area contributed by atoms with Crippen molar-refractivity contribution in [2.24, 2.45) is 5.41 Å². The standard InChI is InChI=1S/C19H24N4/c1-19(2)10-16(15(12-20)13-21)17(14-22)18(11-19)23-8-6-4-3-5-7-9-23/h3-11H2,1-2H3. The van der Waals surface area contributed by atoms with Crippen molar-refractivity contribution in [2.75, 3.05) is 13.1 Å². The zero-order valence-electron chi connectivity index (χ0n) is 14.2. The average molecular weight is 308 g/mol. The Morgan fingerprint density at radius 2 is 1.48 bits per heavy atom. The summed E-state index contributed by atoms with van der Waals surface area (Å²) in [5.41, 5.74) is 2.32. The highest BCUT2D eigenvalue weighted by Crippen LogP contribution is 2.44. The van der Waals surface area contributed by atoms with E-state index in [2.05, 4.69) is 24.8 Å². The van der Waals surface area contributed by atoms with Crippen molar-refractivity contribution in [3.63, 3.8) is 0 Å². The lowest BCUT2D eigenvalue weighted by Gasteiger charge is -2.39. The fraction of sp³-hybridized carbons (Fsp3) is 0.632. The van der Waals surface area contributed by atoms with Gasteiger partial charge in [0.05, 0.1) is 5.57 Å². The summed E-state index contributed by atoms with van der Waals surface area (Å²) in [6.45, 7) is 6.24. The molecule has 4 heteroatoms. The first-order chi connectivity index (χ1) is 11.0. The van der Waals surface area contributed by atoms with Gasteiger partial charge in [-0.1, -0.05) is 33.1 Å². The van der Waals surface area contributed by atoms with Gasteiger partial charge >= 0.3 is 0 Å². The lowest BCUT2D eigenvalue weighted by Crippen LogP contribution is -2.33. The smallest absolute Gasteiger partial charge is 0.134 e. The van der Waals surface area contributed by atoms with Crippen molar-refractivity contribution in [3.8, 4) is 18.2 Å². The molecule has 1 aliphatic heterocycles. The second kappa shape index (κ2) is 7.34. The van der Waals surface area contributed by atoms with E-state index < -0.39 is 0 Å². The van der Waals surface area contributed by atoms with Gasteiger partial charge in [0, 0.05) is 24.4 Å². The second-order valence-electron chi connectivity index (χ2n) is 7.28. The molecule has 0 saturated carbocycles. The van der Waals surface area contributed by atoms with E-state index in [0.29, 0.717) is 17.6 Å². The molecule has 0 amide bonds. The summed E-state index contributed by atoms with van der Waals surface area (Å²) in [6, 6.07) is 6.27. The highest BCUT2D eigenvalue weighted by atomic mass is 15.1. The molecule has 0 aromatic heterocycles. The van der Waals surface area contributed by atoms with Gasteiger partial charge in [0.2, 0.25) is 0 Å². The van der Waals surface area contributed by atoms with Crippen LogP contribution < -0.4 is 0 Å². The number of hydrogen-bond donors (Lipinski definition) is 0. The lowest BCUT2D eigenvalue weighted by atomic mass is 9.72. The lowest BCUT2D eigenvalue weighted by molar-refractivity contribution is 0.244. The van der Waals surface area contributed by atoms with Crippen LogP contribution in [0.5, 0.6) is 0 Å². The summed E-state index contributed by atoms with van der Waals surface area (Å²) in [4.78, 5) is 2.34. The molecule has 1 heterocycles. The molecule has 2 aliphatic rings. The first-order valence-electron chi connectivity index (χ1n) is 8.44. The molecule has 0 bridgehead atoms. The third kappa shape index (κ3) is 3.94. The Morgan fingerprint density at radius 1 is 0.913 bits per heavy atom. The molecule has 4 nitrogen and oxygen atoms in total. The molecule has 0 unspecified atom stereocenters. The molecule has 0 atom stereocenters. The quantitative estimate of drug-likeness (QED) is 0.680. The Bertz CT molecular complexity index is 622. The Morgan fingerprint density at radius 3 is 2.00 bits per heavy atom. The third-order valence-corrected chi connectivity index (χ3v) is 4.77. The summed E-state index contributed by atoms with van der Waals surface area (Å²) in [5, 5.41) is 28.2. The summed E-state index contributed by atoms with van der Waals surface area (Å²) in [5.74, 6) is 0. The van der Waals surface area contributed by atoms with Crippen LogP contribution in [0, 0.1) is 39.4 Å². The van der Waals surface area contributed by atoms with Gasteiger partial charge in [-0.15, -0.1) is 0 Å². The monoisotopic (exact) mass is 308 g/mol. The average Bonchev–Trinajstić information content (AvgIpc) is 2.47. The maximum Gasteiger partial charge on any atom is 0.134 e. The van der Waals surface area contributed by atoms with Crippen LogP contribution in [-0.4, -0.2) is 18.0 Å². The van der Waals surface area contributed by atoms with Crippen molar-refractivity contribution in [3.05, 3.63) is 22.4 Å². The highest BCUT2D eigenvalue weighted by Gasteiger charge is 2.34. The number of allylic oxidation sites excluding steroid dienone is 4. The fourth-order valence-corrected chi connectivity index (χ4v) is 3.64. The summed E-state index contributed by atoms with van der Waals surface area (Å²) >= 11 is 0. The van der Waals surface area contributed by atoms with E-state index in [1.807, 2.05) is 12.1 Å². The van der Waals surface area contributed by atoms with Crippen molar-refractivity contribution in [2.45, 2.75) is 58.8 Å². The van der Waals surface area contributed by atoms with Gasteiger partial charge < -0.3 is 4.90 Å². The van der Waals surface area contributed by atoms with E-state index in [9.17, 15) is 15.8 Å². The molecule has 1 fully saturated rings. The van der Waals surface area contributed by atoms with Crippen LogP contribution in [0.3, 0.4) is 0 Å². The third-order valence-electron chi connectivity index (χ3n) is 4.77. The number of rotatable bonds is 1. The van der Waals surface area contributed by atoms with Crippen molar-refractivity contribution in [1.29, 1.82) is 15.8 Å². The van der Waals surface area contributed by atoms with E-state index >= 15 is 0 Å². The number of hydrogen-bond acceptors (Lipinski definition) is 4. The first kappa shape index (κ1) is 17.1. The summed E-state index contributed by atoms with van der Waals surface area (Å²) < 4.78 is 0. The largest absolute Gasteiger partial charge is 0.374 e. The molecule has 0 radical (unpaired) electrons. The van der Waals surface area contributed by atoms with Gasteiger partial charge in [-0.05, 0) is 31.1 Å². The van der Waals surface area contributed by atoms with Crippen LogP contribution in [0.2, 0.25) is 0 Å². The molecule has 1 aliphatic carbocycles. The summed E-state index contributed by atoms with van der Waals surface area (Å²) in [6.07, 6.45) is 7.50. The first-order valence-corrected chi connectivity index (χ1v) is 8.44. The van der Waals surface area contributed by atoms with Crippen molar-refractivity contribution >= 4 is 0 Å². The minimum absolute atomic E-state index is 0.0354. The van der Waals surface area contributed by atoms with Gasteiger partial charge in [0.15, 0.2) is 0 Å². The van der Waals surface area contributed by atoms with Crippen molar-refractivity contribution in [1.82, 2.24) is 4.90 Å². The van der Waals surface area contributed by atoms with Gasteiger partial charge in [-0.3, -0.25) is 0 Å². The zero-order chi connectivity index (χ0) is 16.9. The molecule has 0 N–H and O–H groups in total. The maximum absolute atomic E-state index is 9.71. The molecular formula is C19H24N4. The fourth-order valence-electron chi connectivity index (χ4n) is 3.64. The Hall–Kier alpha value is -2.25. The molecule has 0 aromatic carbocycles. The molecule has 0 spiro atoms. The SMILES string of the molecule is CC1(C)CC(=C(C#N)C#N)C(C#N)=C(N2CCCCCCC2)C1. The molecule has 2 rings (SSSR count). The van der Waals surface area contributed by atoms with Crippen LogP contribution >= 0.6 is 0 Å². The number of likely N-dealkylation sites (tertiary alicyclic amines) is 1. The minimum Gasteiger partial charge on any atom is -0.374 e. The van der Waals surface area contributed by atoms with Gasteiger partial charge in [-0.2, -0.15) is 15.8 Å². The van der Waals surface area contributed by atoms with Crippen LogP contribution in [0.15, 0.2) is 22.4 Å². The number of nitrogens with zero attached hydrogens (tertiary/aromatic N) is 4. The van der Waals surface area contributed by atoms with Crippen LogP contribution in [0.4, 0.5) is 0 Å². The second-order valence-corrected chi connectivity index (χ2v) is 7.28.